The highest BCUT2D eigenvalue weighted by atomic mass is 16.4. The average Bonchev–Trinajstić information content (AvgIpc) is 3.23. The topological polar surface area (TPSA) is 72.7 Å². The van der Waals surface area contributed by atoms with Crippen molar-refractivity contribution in [1.82, 2.24) is 14.9 Å². The fourth-order valence-corrected chi connectivity index (χ4v) is 2.35. The summed E-state index contributed by atoms with van der Waals surface area (Å²) in [6.45, 7) is 4.02. The normalized spacial score (nSPS) is 21.1. The van der Waals surface area contributed by atoms with Gasteiger partial charge in [-0.1, -0.05) is 0 Å². The van der Waals surface area contributed by atoms with Crippen molar-refractivity contribution in [2.45, 2.75) is 18.9 Å². The van der Waals surface area contributed by atoms with Gasteiger partial charge in [-0.05, 0) is 12.8 Å². The number of hydrogen-bond donors (Lipinski definition) is 2. The molecule has 2 fully saturated rings. The van der Waals surface area contributed by atoms with E-state index in [9.17, 15) is 0 Å². The molecule has 1 saturated carbocycles. The molecule has 2 heterocycles. The maximum Gasteiger partial charge on any atom is 0.491 e. The van der Waals surface area contributed by atoms with Gasteiger partial charge in [-0.3, -0.25) is 4.90 Å². The number of hydrogen-bond acceptors (Lipinski definition) is 6. The Bertz CT molecular complexity index is 402. The van der Waals surface area contributed by atoms with E-state index in [1.165, 1.54) is 25.2 Å². The van der Waals surface area contributed by atoms with E-state index >= 15 is 0 Å². The molecule has 1 aliphatic heterocycles. The number of rotatable bonds is 3. The summed E-state index contributed by atoms with van der Waals surface area (Å²) in [5.41, 5.74) is 0.329. The molecule has 96 valence electrons. The van der Waals surface area contributed by atoms with Crippen LogP contribution in [0.1, 0.15) is 12.8 Å². The summed E-state index contributed by atoms with van der Waals surface area (Å²) in [6, 6.07) is 0.819. The van der Waals surface area contributed by atoms with Crippen molar-refractivity contribution >= 4 is 18.5 Å². The Labute approximate surface area is 106 Å². The third-order valence-corrected chi connectivity index (χ3v) is 3.62. The first-order chi connectivity index (χ1) is 8.74. The third-order valence-electron chi connectivity index (χ3n) is 3.62. The zero-order valence-corrected chi connectivity index (χ0v) is 10.2. The van der Waals surface area contributed by atoms with Crippen LogP contribution in [0, 0.1) is 0 Å². The van der Waals surface area contributed by atoms with Gasteiger partial charge in [0.1, 0.15) is 0 Å². The molecule has 0 amide bonds. The maximum absolute atomic E-state index is 8.98. The van der Waals surface area contributed by atoms with Gasteiger partial charge in [0.25, 0.3) is 0 Å². The molecule has 0 unspecified atom stereocenters. The minimum Gasteiger partial charge on any atom is -0.423 e. The van der Waals surface area contributed by atoms with Crippen molar-refractivity contribution in [3.8, 4) is 0 Å². The predicted octanol–water partition coefficient (Wildman–Crippen LogP) is -1.56. The summed E-state index contributed by atoms with van der Waals surface area (Å²) in [4.78, 5) is 13.0. The quantitative estimate of drug-likeness (QED) is 0.630. The lowest BCUT2D eigenvalue weighted by Gasteiger charge is -2.34. The molecular weight excluding hydrogens is 231 g/mol. The lowest BCUT2D eigenvalue weighted by atomic mass is 9.83. The van der Waals surface area contributed by atoms with Gasteiger partial charge in [0.15, 0.2) is 0 Å². The molecule has 3 rings (SSSR count). The first-order valence-electron chi connectivity index (χ1n) is 6.41. The molecule has 0 spiro atoms. The van der Waals surface area contributed by atoms with E-state index in [1.807, 2.05) is 0 Å². The van der Waals surface area contributed by atoms with Crippen molar-refractivity contribution in [1.29, 1.82) is 0 Å². The highest BCUT2D eigenvalue weighted by molar-refractivity contribution is 6.58. The van der Waals surface area contributed by atoms with E-state index < -0.39 is 7.12 Å². The van der Waals surface area contributed by atoms with E-state index in [2.05, 4.69) is 19.8 Å². The predicted molar refractivity (Wildman–Crippen MR) is 68.7 cm³/mol. The molecule has 1 aromatic heterocycles. The Balaban J connectivity index is 1.61. The number of aromatic nitrogens is 2. The Morgan fingerprint density at radius 3 is 2.17 bits per heavy atom. The van der Waals surface area contributed by atoms with Gasteiger partial charge in [0, 0.05) is 50.1 Å². The van der Waals surface area contributed by atoms with Gasteiger partial charge in [0.2, 0.25) is 5.95 Å². The van der Waals surface area contributed by atoms with Crippen LogP contribution in [-0.2, 0) is 0 Å². The zero-order chi connectivity index (χ0) is 12.5. The smallest absolute Gasteiger partial charge is 0.423 e. The molecule has 7 heteroatoms. The Kier molecular flexibility index (Phi) is 3.19. The lowest BCUT2D eigenvalue weighted by molar-refractivity contribution is 0.247. The van der Waals surface area contributed by atoms with Crippen LogP contribution >= 0.6 is 0 Å². The van der Waals surface area contributed by atoms with Crippen molar-refractivity contribution in [3.05, 3.63) is 12.4 Å². The van der Waals surface area contributed by atoms with E-state index in [0.29, 0.717) is 11.4 Å². The summed E-state index contributed by atoms with van der Waals surface area (Å²) in [5, 5.41) is 18.0. The number of piperazine rings is 1. The van der Waals surface area contributed by atoms with Gasteiger partial charge >= 0.3 is 7.12 Å². The van der Waals surface area contributed by atoms with Crippen molar-refractivity contribution in [3.63, 3.8) is 0 Å². The molecule has 1 aromatic rings. The van der Waals surface area contributed by atoms with Crippen LogP contribution in [-0.4, -0.2) is 64.3 Å². The summed E-state index contributed by atoms with van der Waals surface area (Å²) in [5.74, 6) is 0.676. The fraction of sp³-hybridized carbons (Fsp3) is 0.636. The Hall–Kier alpha value is -1.18. The van der Waals surface area contributed by atoms with E-state index in [1.54, 1.807) is 0 Å². The molecule has 0 radical (unpaired) electrons. The van der Waals surface area contributed by atoms with Crippen LogP contribution in [0.2, 0.25) is 0 Å². The summed E-state index contributed by atoms with van der Waals surface area (Å²) in [7, 11) is -1.49. The fourth-order valence-electron chi connectivity index (χ4n) is 2.35. The zero-order valence-electron chi connectivity index (χ0n) is 10.2. The molecule has 1 saturated heterocycles. The number of nitrogens with zero attached hydrogens (tertiary/aromatic N) is 4. The maximum atomic E-state index is 8.98. The SMILES string of the molecule is OB(O)c1cnc(N2CCN(C3CC3)CC2)nc1. The van der Waals surface area contributed by atoms with Gasteiger partial charge in [-0.2, -0.15) is 0 Å². The molecule has 6 nitrogen and oxygen atoms in total. The van der Waals surface area contributed by atoms with Crippen LogP contribution in [0.3, 0.4) is 0 Å². The Morgan fingerprint density at radius 2 is 1.67 bits per heavy atom. The summed E-state index contributed by atoms with van der Waals surface area (Å²) >= 11 is 0. The van der Waals surface area contributed by atoms with Crippen LogP contribution in [0.5, 0.6) is 0 Å². The van der Waals surface area contributed by atoms with E-state index in [-0.39, 0.29) is 0 Å². The highest BCUT2D eigenvalue weighted by Crippen LogP contribution is 2.27. The van der Waals surface area contributed by atoms with Crippen molar-refractivity contribution in [2.75, 3.05) is 31.1 Å². The Morgan fingerprint density at radius 1 is 1.06 bits per heavy atom. The molecule has 1 aliphatic carbocycles. The van der Waals surface area contributed by atoms with Gasteiger partial charge in [-0.25, -0.2) is 9.97 Å². The van der Waals surface area contributed by atoms with Crippen LogP contribution < -0.4 is 10.4 Å². The average molecular weight is 248 g/mol. The summed E-state index contributed by atoms with van der Waals surface area (Å²) in [6.07, 6.45) is 5.64. The minimum absolute atomic E-state index is 0.329. The second-order valence-corrected chi connectivity index (χ2v) is 4.94. The first-order valence-corrected chi connectivity index (χ1v) is 6.41. The van der Waals surface area contributed by atoms with Crippen LogP contribution in [0.4, 0.5) is 5.95 Å². The lowest BCUT2D eigenvalue weighted by Crippen LogP contribution is -2.48. The second-order valence-electron chi connectivity index (χ2n) is 4.94. The second kappa shape index (κ2) is 4.83. The number of anilines is 1. The molecule has 0 atom stereocenters. The monoisotopic (exact) mass is 248 g/mol. The third kappa shape index (κ3) is 2.48. The molecule has 2 N–H and O–H groups in total. The molecule has 0 bridgehead atoms. The molecule has 2 aliphatic rings. The molecular formula is C11H17BN4O2. The molecule has 0 aromatic carbocycles. The van der Waals surface area contributed by atoms with Gasteiger partial charge in [-0.15, -0.1) is 0 Å². The van der Waals surface area contributed by atoms with Crippen molar-refractivity contribution in [2.24, 2.45) is 0 Å². The van der Waals surface area contributed by atoms with E-state index in [4.69, 9.17) is 10.0 Å². The highest BCUT2D eigenvalue weighted by Gasteiger charge is 2.31. The largest absolute Gasteiger partial charge is 0.491 e. The molecule has 18 heavy (non-hydrogen) atoms. The van der Waals surface area contributed by atoms with Gasteiger partial charge < -0.3 is 14.9 Å². The first kappa shape index (κ1) is 11.9. The van der Waals surface area contributed by atoms with Crippen molar-refractivity contribution < 1.29 is 10.0 Å². The van der Waals surface area contributed by atoms with Crippen LogP contribution in [0.25, 0.3) is 0 Å². The van der Waals surface area contributed by atoms with Crippen LogP contribution in [0.15, 0.2) is 12.4 Å². The summed E-state index contributed by atoms with van der Waals surface area (Å²) < 4.78 is 0. The standard InChI is InChI=1S/C11H17BN4O2/c17-12(18)9-7-13-11(14-8-9)16-5-3-15(4-6-16)10-1-2-10/h7-8,10,17-18H,1-6H2. The van der Waals surface area contributed by atoms with E-state index in [0.717, 1.165) is 32.2 Å². The van der Waals surface area contributed by atoms with Gasteiger partial charge in [0.05, 0.1) is 0 Å². The minimum atomic E-state index is -1.49.